The first-order valence-corrected chi connectivity index (χ1v) is 12.7. The average Bonchev–Trinajstić information content (AvgIpc) is 3.73. The topological polar surface area (TPSA) is 126 Å². The van der Waals surface area contributed by atoms with E-state index in [0.717, 1.165) is 18.4 Å². The molecule has 2 amide bonds. The molecule has 37 heavy (non-hydrogen) atoms. The first-order valence-electron chi connectivity index (χ1n) is 12.3. The highest BCUT2D eigenvalue weighted by atomic mass is 35.5. The van der Waals surface area contributed by atoms with Crippen molar-refractivity contribution in [2.24, 2.45) is 4.99 Å². The molecule has 0 radical (unpaired) electrons. The van der Waals surface area contributed by atoms with Crippen LogP contribution >= 0.6 is 11.6 Å². The second-order valence-corrected chi connectivity index (χ2v) is 9.77. The molecule has 0 spiro atoms. The lowest BCUT2D eigenvalue weighted by Gasteiger charge is -2.47. The van der Waals surface area contributed by atoms with Crippen LogP contribution in [0.5, 0.6) is 0 Å². The molecule has 12 heteroatoms. The lowest BCUT2D eigenvalue weighted by molar-refractivity contribution is -0.134. The number of benzene rings is 1. The fourth-order valence-corrected chi connectivity index (χ4v) is 4.96. The maximum Gasteiger partial charge on any atom is 0.291 e. The number of likely N-dealkylation sites (tertiary alicyclic amines) is 1. The lowest BCUT2D eigenvalue weighted by atomic mass is 10.1. The quantitative estimate of drug-likeness (QED) is 0.227. The van der Waals surface area contributed by atoms with Gasteiger partial charge in [-0.1, -0.05) is 18.2 Å². The number of nitrogens with zero attached hydrogens (tertiary/aromatic N) is 6. The van der Waals surface area contributed by atoms with E-state index in [-0.39, 0.29) is 17.8 Å². The molecule has 0 atom stereocenters. The van der Waals surface area contributed by atoms with E-state index < -0.39 is 5.91 Å². The van der Waals surface area contributed by atoms with E-state index >= 15 is 0 Å². The van der Waals surface area contributed by atoms with E-state index in [1.54, 1.807) is 34.3 Å². The minimum atomic E-state index is -0.399. The molecular weight excluding hydrogens is 496 g/mol. The van der Waals surface area contributed by atoms with Crippen LogP contribution in [0.2, 0.25) is 5.02 Å². The van der Waals surface area contributed by atoms with E-state index in [2.05, 4.69) is 31.8 Å². The fraction of sp³-hybridized carbons (Fsp3) is 0.400. The average molecular weight is 525 g/mol. The van der Waals surface area contributed by atoms with Crippen LogP contribution < -0.4 is 10.8 Å². The zero-order valence-electron chi connectivity index (χ0n) is 20.3. The summed E-state index contributed by atoms with van der Waals surface area (Å²) in [5.74, 6) is 0.0890. The van der Waals surface area contributed by atoms with Crippen molar-refractivity contribution in [3.63, 3.8) is 0 Å². The van der Waals surface area contributed by atoms with Gasteiger partial charge < -0.3 is 15.1 Å². The Morgan fingerprint density at radius 1 is 1.11 bits per heavy atom. The van der Waals surface area contributed by atoms with Crippen molar-refractivity contribution < 1.29 is 14.8 Å². The van der Waals surface area contributed by atoms with Crippen molar-refractivity contribution in [1.29, 1.82) is 0 Å². The lowest BCUT2D eigenvalue weighted by Crippen LogP contribution is -2.64. The van der Waals surface area contributed by atoms with Crippen molar-refractivity contribution in [1.82, 2.24) is 30.1 Å². The van der Waals surface area contributed by atoms with Gasteiger partial charge in [0.15, 0.2) is 0 Å². The number of aliphatic imine (C=N–C) groups is 1. The molecule has 0 bridgehead atoms. The smallest absolute Gasteiger partial charge is 0.291 e. The molecule has 1 saturated carbocycles. The molecule has 3 aliphatic rings. The third kappa shape index (κ3) is 5.58. The van der Waals surface area contributed by atoms with E-state index in [0.29, 0.717) is 67.5 Å². The van der Waals surface area contributed by atoms with Crippen molar-refractivity contribution >= 4 is 46.6 Å². The van der Waals surface area contributed by atoms with Crippen molar-refractivity contribution in [2.45, 2.75) is 24.8 Å². The summed E-state index contributed by atoms with van der Waals surface area (Å²) in [5, 5.41) is 13.6. The molecule has 3 heterocycles. The summed E-state index contributed by atoms with van der Waals surface area (Å²) >= 11 is 6.55. The summed E-state index contributed by atoms with van der Waals surface area (Å²) in [6.45, 7) is 7.20. The van der Waals surface area contributed by atoms with Gasteiger partial charge in [-0.3, -0.25) is 19.7 Å². The van der Waals surface area contributed by atoms with Crippen LogP contribution in [0.3, 0.4) is 0 Å². The third-order valence-electron chi connectivity index (χ3n) is 6.95. The van der Waals surface area contributed by atoms with E-state index in [9.17, 15) is 14.8 Å². The van der Waals surface area contributed by atoms with E-state index in [4.69, 9.17) is 11.6 Å². The van der Waals surface area contributed by atoms with Crippen LogP contribution in [0.1, 0.15) is 24.3 Å². The highest BCUT2D eigenvalue weighted by Crippen LogP contribution is 2.46. The predicted octanol–water partition coefficient (Wildman–Crippen LogP) is 2.30. The summed E-state index contributed by atoms with van der Waals surface area (Å²) in [5.41, 5.74) is 3.93. The Kier molecular flexibility index (Phi) is 7.36. The Labute approximate surface area is 219 Å². The van der Waals surface area contributed by atoms with Gasteiger partial charge in [0.05, 0.1) is 11.4 Å². The Balaban J connectivity index is 1.30. The summed E-state index contributed by atoms with van der Waals surface area (Å²) in [6, 6.07) is 5.60. The number of aromatic nitrogens is 2. The standard InChI is InChI=1S/C25H29ClN8O3/c1-2-22(35)34-14-17(15-34)32-8-10-33(11-9-32)24(36)23(31-37)29-20-12-18(16-4-5-16)19(26)13-21(20)30-25-27-6-3-7-28-25/h2-3,6-7,12-13,16-17,37H,1,4-5,8-11,14-15H2,(H,29,31)(H,27,28,30). The molecule has 194 valence electrons. The Morgan fingerprint density at radius 2 is 1.81 bits per heavy atom. The molecule has 5 rings (SSSR count). The zero-order chi connectivity index (χ0) is 25.9. The van der Waals surface area contributed by atoms with Gasteiger partial charge in [-0.05, 0) is 48.6 Å². The molecule has 0 unspecified atom stereocenters. The van der Waals surface area contributed by atoms with Crippen LogP contribution in [-0.2, 0) is 9.59 Å². The monoisotopic (exact) mass is 524 g/mol. The minimum Gasteiger partial charge on any atom is -0.336 e. The van der Waals surface area contributed by atoms with Crippen LogP contribution in [-0.4, -0.2) is 92.8 Å². The highest BCUT2D eigenvalue weighted by molar-refractivity contribution is 6.38. The number of halogens is 1. The molecule has 1 aromatic carbocycles. The van der Waals surface area contributed by atoms with Gasteiger partial charge in [-0.25, -0.2) is 20.4 Å². The first-order chi connectivity index (χ1) is 18.0. The zero-order valence-corrected chi connectivity index (χ0v) is 21.1. The first kappa shape index (κ1) is 25.1. The minimum absolute atomic E-state index is 0.0559. The number of piperazine rings is 1. The SMILES string of the molecule is C=CC(=O)N1CC(N2CCN(C(=O)C(=Nc3cc(C4CC4)c(Cl)cc3Nc3ncccn3)NO)CC2)C1. The van der Waals surface area contributed by atoms with E-state index in [1.807, 2.05) is 11.5 Å². The number of hydrogen-bond donors (Lipinski definition) is 3. The fourth-order valence-electron chi connectivity index (χ4n) is 4.64. The van der Waals surface area contributed by atoms with Gasteiger partial charge in [0, 0.05) is 62.7 Å². The largest absolute Gasteiger partial charge is 0.336 e. The van der Waals surface area contributed by atoms with Gasteiger partial charge in [0.2, 0.25) is 17.7 Å². The third-order valence-corrected chi connectivity index (χ3v) is 7.28. The van der Waals surface area contributed by atoms with Gasteiger partial charge in [0.25, 0.3) is 5.91 Å². The van der Waals surface area contributed by atoms with E-state index in [1.165, 1.54) is 6.08 Å². The summed E-state index contributed by atoms with van der Waals surface area (Å²) < 4.78 is 0. The van der Waals surface area contributed by atoms with Crippen LogP contribution in [0.25, 0.3) is 0 Å². The maximum absolute atomic E-state index is 13.3. The highest BCUT2D eigenvalue weighted by Gasteiger charge is 2.36. The Morgan fingerprint density at radius 3 is 2.43 bits per heavy atom. The van der Waals surface area contributed by atoms with Gasteiger partial charge >= 0.3 is 0 Å². The van der Waals surface area contributed by atoms with Gasteiger partial charge in [-0.15, -0.1) is 0 Å². The predicted molar refractivity (Wildman–Crippen MR) is 139 cm³/mol. The number of nitrogens with one attached hydrogen (secondary N) is 2. The molecule has 2 saturated heterocycles. The molecule has 2 aliphatic heterocycles. The molecular formula is C25H29ClN8O3. The second kappa shape index (κ2) is 10.8. The molecule has 11 nitrogen and oxygen atoms in total. The molecule has 3 fully saturated rings. The summed E-state index contributed by atoms with van der Waals surface area (Å²) in [6.07, 6.45) is 6.65. The molecule has 2 aromatic rings. The summed E-state index contributed by atoms with van der Waals surface area (Å²) in [4.78, 5) is 43.5. The van der Waals surface area contributed by atoms with Crippen LogP contribution in [0.15, 0.2) is 48.2 Å². The molecule has 1 aromatic heterocycles. The number of rotatable bonds is 6. The number of carbonyl (C=O) groups excluding carboxylic acids is 2. The number of hydrogen-bond acceptors (Lipinski definition) is 8. The van der Waals surface area contributed by atoms with Gasteiger partial charge in [0.1, 0.15) is 0 Å². The van der Waals surface area contributed by atoms with Gasteiger partial charge in [-0.2, -0.15) is 0 Å². The maximum atomic E-state index is 13.3. The van der Waals surface area contributed by atoms with Crippen LogP contribution in [0, 0.1) is 0 Å². The Hall–Kier alpha value is -3.54. The summed E-state index contributed by atoms with van der Waals surface area (Å²) in [7, 11) is 0. The van der Waals surface area contributed by atoms with Crippen molar-refractivity contribution in [2.75, 3.05) is 44.6 Å². The number of hydroxylamine groups is 1. The number of amidine groups is 1. The van der Waals surface area contributed by atoms with Crippen molar-refractivity contribution in [3.05, 3.63) is 53.8 Å². The second-order valence-electron chi connectivity index (χ2n) is 9.36. The molecule has 3 N–H and O–H groups in total. The number of carbonyl (C=O) groups is 2. The number of anilines is 2. The normalized spacial score (nSPS) is 18.8. The molecule has 1 aliphatic carbocycles. The van der Waals surface area contributed by atoms with Crippen molar-refractivity contribution in [3.8, 4) is 0 Å². The number of amides is 2. The van der Waals surface area contributed by atoms with Crippen LogP contribution in [0.4, 0.5) is 17.3 Å². The Bertz CT molecular complexity index is 1210.